The topological polar surface area (TPSA) is 72.6 Å². The van der Waals surface area contributed by atoms with Crippen LogP contribution in [0.2, 0.25) is 0 Å². The third-order valence-corrected chi connectivity index (χ3v) is 7.38. The Bertz CT molecular complexity index is 1280. The van der Waals surface area contributed by atoms with Gasteiger partial charge in [-0.15, -0.1) is 0 Å². The van der Waals surface area contributed by atoms with Gasteiger partial charge in [0.05, 0.1) is 23.2 Å². The summed E-state index contributed by atoms with van der Waals surface area (Å²) >= 11 is 0. The molecular formula is C27H29F3N2O3S. The predicted molar refractivity (Wildman–Crippen MR) is 133 cm³/mol. The van der Waals surface area contributed by atoms with Gasteiger partial charge in [-0.05, 0) is 54.7 Å². The first-order valence-electron chi connectivity index (χ1n) is 11.7. The third kappa shape index (κ3) is 6.73. The van der Waals surface area contributed by atoms with E-state index < -0.39 is 21.8 Å². The normalized spacial score (nSPS) is 15.8. The molecule has 0 radical (unpaired) electrons. The van der Waals surface area contributed by atoms with E-state index in [9.17, 15) is 21.6 Å². The van der Waals surface area contributed by atoms with Crippen molar-refractivity contribution >= 4 is 10.0 Å². The molecule has 1 saturated heterocycles. The van der Waals surface area contributed by atoms with Crippen molar-refractivity contribution in [3.8, 4) is 11.1 Å². The summed E-state index contributed by atoms with van der Waals surface area (Å²) in [6.45, 7) is 4.58. The quantitative estimate of drug-likeness (QED) is 0.448. The first kappa shape index (κ1) is 26.3. The van der Waals surface area contributed by atoms with Crippen LogP contribution in [0.3, 0.4) is 0 Å². The van der Waals surface area contributed by atoms with E-state index in [2.05, 4.69) is 4.90 Å². The van der Waals surface area contributed by atoms with Crippen molar-refractivity contribution in [2.24, 2.45) is 5.14 Å². The average Bonchev–Trinajstić information content (AvgIpc) is 2.83. The minimum atomic E-state index is -4.32. The Balaban J connectivity index is 1.28. The molecule has 2 N–H and O–H groups in total. The molecule has 0 bridgehead atoms. The van der Waals surface area contributed by atoms with Crippen LogP contribution in [0.1, 0.15) is 35.1 Å². The van der Waals surface area contributed by atoms with Crippen LogP contribution in [0.25, 0.3) is 11.1 Å². The molecule has 0 saturated carbocycles. The van der Waals surface area contributed by atoms with Crippen LogP contribution in [0.4, 0.5) is 13.2 Å². The van der Waals surface area contributed by atoms with Crippen LogP contribution in [-0.2, 0) is 34.1 Å². The van der Waals surface area contributed by atoms with E-state index in [1.165, 1.54) is 18.2 Å². The molecule has 0 aromatic heterocycles. The molecule has 0 spiro atoms. The highest BCUT2D eigenvalue weighted by Gasteiger charge is 2.30. The van der Waals surface area contributed by atoms with E-state index in [0.717, 1.165) is 60.3 Å². The number of nitrogens with zero attached hydrogens (tertiary/aromatic N) is 1. The fourth-order valence-corrected chi connectivity index (χ4v) is 5.14. The van der Waals surface area contributed by atoms with Gasteiger partial charge in [-0.1, -0.05) is 54.1 Å². The van der Waals surface area contributed by atoms with Crippen molar-refractivity contribution in [2.45, 2.75) is 50.1 Å². The van der Waals surface area contributed by atoms with Crippen molar-refractivity contribution in [1.82, 2.24) is 4.90 Å². The summed E-state index contributed by atoms with van der Waals surface area (Å²) in [6.07, 6.45) is -2.51. The molecule has 192 valence electrons. The predicted octanol–water partition coefficient (Wildman–Crippen LogP) is 5.51. The number of primary sulfonamides is 1. The number of sulfonamides is 1. The van der Waals surface area contributed by atoms with Crippen molar-refractivity contribution in [3.63, 3.8) is 0 Å². The number of piperidine rings is 1. The maximum Gasteiger partial charge on any atom is 0.416 e. The molecule has 1 fully saturated rings. The van der Waals surface area contributed by atoms with Gasteiger partial charge >= 0.3 is 6.18 Å². The standard InChI is InChI=1S/C27H29F3N2O3S/c1-19-2-11-26(36(31,33)34)25(16-19)22-7-3-21(4-8-22)18-35-24-12-14-32(15-13-24)17-20-5-9-23(10-6-20)27(28,29)30/h2-11,16,24H,12-15,17-18H2,1H3,(H2,31,33,34). The number of ether oxygens (including phenoxy) is 1. The second-order valence-corrected chi connectivity index (χ2v) is 10.8. The lowest BCUT2D eigenvalue weighted by molar-refractivity contribution is -0.137. The van der Waals surface area contributed by atoms with Gasteiger partial charge in [0.1, 0.15) is 0 Å². The largest absolute Gasteiger partial charge is 0.416 e. The zero-order chi connectivity index (χ0) is 25.9. The van der Waals surface area contributed by atoms with Crippen molar-refractivity contribution < 1.29 is 26.3 Å². The lowest BCUT2D eigenvalue weighted by atomic mass is 10.0. The minimum absolute atomic E-state index is 0.0974. The summed E-state index contributed by atoms with van der Waals surface area (Å²) in [7, 11) is -3.84. The number of rotatable bonds is 7. The molecule has 4 rings (SSSR count). The van der Waals surface area contributed by atoms with E-state index >= 15 is 0 Å². The van der Waals surface area contributed by atoms with Crippen LogP contribution < -0.4 is 5.14 Å². The van der Waals surface area contributed by atoms with E-state index in [0.29, 0.717) is 18.7 Å². The Labute approximate surface area is 209 Å². The fourth-order valence-electron chi connectivity index (χ4n) is 4.40. The molecule has 9 heteroatoms. The number of benzene rings is 3. The summed E-state index contributed by atoms with van der Waals surface area (Å²) in [5, 5.41) is 5.39. The van der Waals surface area contributed by atoms with Crippen molar-refractivity contribution in [1.29, 1.82) is 0 Å². The average molecular weight is 519 g/mol. The molecule has 0 atom stereocenters. The number of alkyl halides is 3. The molecule has 5 nitrogen and oxygen atoms in total. The SMILES string of the molecule is Cc1ccc(S(N)(=O)=O)c(-c2ccc(COC3CCN(Cc4ccc(C(F)(F)F)cc4)CC3)cc2)c1. The van der Waals surface area contributed by atoms with Gasteiger partial charge in [0.15, 0.2) is 0 Å². The van der Waals surface area contributed by atoms with E-state index in [4.69, 9.17) is 9.88 Å². The highest BCUT2D eigenvalue weighted by atomic mass is 32.2. The zero-order valence-electron chi connectivity index (χ0n) is 20.0. The fraction of sp³-hybridized carbons (Fsp3) is 0.333. The van der Waals surface area contributed by atoms with Crippen molar-refractivity contribution in [3.05, 3.63) is 89.0 Å². The van der Waals surface area contributed by atoms with Crippen LogP contribution >= 0.6 is 0 Å². The first-order chi connectivity index (χ1) is 17.0. The summed E-state index contributed by atoms with van der Waals surface area (Å²) in [6, 6.07) is 18.0. The Morgan fingerprint density at radius 2 is 1.56 bits per heavy atom. The van der Waals surface area contributed by atoms with E-state index in [1.54, 1.807) is 6.07 Å². The summed E-state index contributed by atoms with van der Waals surface area (Å²) in [5.74, 6) is 0. The molecule has 1 aliphatic heterocycles. The smallest absolute Gasteiger partial charge is 0.373 e. The summed E-state index contributed by atoms with van der Waals surface area (Å²) < 4.78 is 68.2. The molecule has 3 aromatic carbocycles. The molecule has 0 unspecified atom stereocenters. The lowest BCUT2D eigenvalue weighted by Crippen LogP contribution is -2.36. The number of halogens is 3. The van der Waals surface area contributed by atoms with Crippen LogP contribution in [0, 0.1) is 6.92 Å². The maximum absolute atomic E-state index is 12.7. The highest BCUT2D eigenvalue weighted by molar-refractivity contribution is 7.89. The van der Waals surface area contributed by atoms with Gasteiger partial charge in [0.25, 0.3) is 0 Å². The van der Waals surface area contributed by atoms with Crippen LogP contribution in [-0.4, -0.2) is 32.5 Å². The van der Waals surface area contributed by atoms with E-state index in [1.807, 2.05) is 37.3 Å². The number of nitrogens with two attached hydrogens (primary N) is 1. The molecule has 0 amide bonds. The minimum Gasteiger partial charge on any atom is -0.373 e. The van der Waals surface area contributed by atoms with Crippen molar-refractivity contribution in [2.75, 3.05) is 13.1 Å². The summed E-state index contributed by atoms with van der Waals surface area (Å²) in [4.78, 5) is 2.32. The second kappa shape index (κ2) is 10.7. The lowest BCUT2D eigenvalue weighted by Gasteiger charge is -2.32. The molecule has 3 aromatic rings. The van der Waals surface area contributed by atoms with Crippen LogP contribution in [0.15, 0.2) is 71.6 Å². The number of hydrogen-bond donors (Lipinski definition) is 1. The van der Waals surface area contributed by atoms with Gasteiger partial charge in [0, 0.05) is 25.2 Å². The molecule has 1 aliphatic rings. The Kier molecular flexibility index (Phi) is 7.85. The molecule has 36 heavy (non-hydrogen) atoms. The molecule has 0 aliphatic carbocycles. The molecule has 1 heterocycles. The van der Waals surface area contributed by atoms with Gasteiger partial charge in [0.2, 0.25) is 10.0 Å². The summed E-state index contributed by atoms with van der Waals surface area (Å²) in [5.41, 5.74) is 3.50. The zero-order valence-corrected chi connectivity index (χ0v) is 20.8. The highest BCUT2D eigenvalue weighted by Crippen LogP contribution is 2.30. The van der Waals surface area contributed by atoms with Gasteiger partial charge in [-0.3, -0.25) is 4.90 Å². The number of likely N-dealkylation sites (tertiary alicyclic amines) is 1. The monoisotopic (exact) mass is 518 g/mol. The first-order valence-corrected chi connectivity index (χ1v) is 13.3. The second-order valence-electron chi connectivity index (χ2n) is 9.22. The van der Waals surface area contributed by atoms with Crippen LogP contribution in [0.5, 0.6) is 0 Å². The Morgan fingerprint density at radius 1 is 0.944 bits per heavy atom. The molecular weight excluding hydrogens is 489 g/mol. The number of aryl methyl sites for hydroxylation is 1. The van der Waals surface area contributed by atoms with Gasteiger partial charge in [-0.2, -0.15) is 13.2 Å². The van der Waals surface area contributed by atoms with Gasteiger partial charge < -0.3 is 4.74 Å². The Morgan fingerprint density at radius 3 is 2.14 bits per heavy atom. The third-order valence-electron chi connectivity index (χ3n) is 6.41. The number of hydrogen-bond acceptors (Lipinski definition) is 4. The van der Waals surface area contributed by atoms with Gasteiger partial charge in [-0.25, -0.2) is 13.6 Å². The Hall–Kier alpha value is -2.72. The maximum atomic E-state index is 12.7. The van der Waals surface area contributed by atoms with E-state index in [-0.39, 0.29) is 11.0 Å².